The number of carbonyl (C=O) groups excluding carboxylic acids is 3. The summed E-state index contributed by atoms with van der Waals surface area (Å²) >= 11 is 24.2. The first-order chi connectivity index (χ1) is 13.2. The van der Waals surface area contributed by atoms with Crippen LogP contribution in [0, 0.1) is 0 Å². The molecule has 1 heterocycles. The average Bonchev–Trinajstić information content (AvgIpc) is 2.94. The number of fused-ring (bicyclic) bond motifs is 1. The Kier molecular flexibility index (Phi) is 5.77. The minimum Gasteiger partial charge on any atom is -0.495 e. The normalized spacial score (nSPS) is 14.1. The molecule has 0 aliphatic carbocycles. The molecule has 28 heavy (non-hydrogen) atoms. The first kappa shape index (κ1) is 20.7. The van der Waals surface area contributed by atoms with Crippen molar-refractivity contribution in [2.75, 3.05) is 12.4 Å². The molecule has 2 aromatic rings. The highest BCUT2D eigenvalue weighted by atomic mass is 35.5. The number of imide groups is 1. The van der Waals surface area contributed by atoms with E-state index in [4.69, 9.17) is 51.1 Å². The van der Waals surface area contributed by atoms with Crippen LogP contribution in [0.2, 0.25) is 20.1 Å². The molecule has 3 rings (SSSR count). The summed E-state index contributed by atoms with van der Waals surface area (Å²) < 4.78 is 5.18. The van der Waals surface area contributed by atoms with E-state index in [1.165, 1.54) is 14.0 Å². The van der Waals surface area contributed by atoms with Crippen LogP contribution in [0.15, 0.2) is 24.3 Å². The van der Waals surface area contributed by atoms with Crippen molar-refractivity contribution >= 4 is 69.8 Å². The molecule has 6 nitrogen and oxygen atoms in total. The molecule has 0 aromatic heterocycles. The van der Waals surface area contributed by atoms with Crippen molar-refractivity contribution in [1.82, 2.24) is 4.90 Å². The molecule has 0 radical (unpaired) electrons. The molecule has 0 saturated heterocycles. The van der Waals surface area contributed by atoms with Crippen LogP contribution < -0.4 is 10.1 Å². The zero-order valence-corrected chi connectivity index (χ0v) is 17.5. The lowest BCUT2D eigenvalue weighted by Crippen LogP contribution is -2.45. The van der Waals surface area contributed by atoms with Crippen molar-refractivity contribution in [2.24, 2.45) is 0 Å². The van der Waals surface area contributed by atoms with Crippen LogP contribution in [0.25, 0.3) is 0 Å². The number of anilines is 1. The van der Waals surface area contributed by atoms with Crippen LogP contribution in [0.3, 0.4) is 0 Å². The highest BCUT2D eigenvalue weighted by Gasteiger charge is 2.45. The molecule has 1 N–H and O–H groups in total. The van der Waals surface area contributed by atoms with Crippen molar-refractivity contribution in [3.05, 3.63) is 55.5 Å². The number of halogens is 4. The molecule has 1 aliphatic rings. The fraction of sp³-hybridized carbons (Fsp3) is 0.167. The lowest BCUT2D eigenvalue weighted by Gasteiger charge is -2.22. The largest absolute Gasteiger partial charge is 0.495 e. The van der Waals surface area contributed by atoms with Gasteiger partial charge in [-0.3, -0.25) is 19.3 Å². The minimum absolute atomic E-state index is 0.138. The number of methoxy groups -OCH3 is 1. The zero-order valence-electron chi connectivity index (χ0n) is 14.5. The molecular weight excluding hydrogens is 450 g/mol. The highest BCUT2D eigenvalue weighted by molar-refractivity contribution is 6.55. The molecule has 0 bridgehead atoms. The smallest absolute Gasteiger partial charge is 0.263 e. The molecule has 3 amide bonds. The van der Waals surface area contributed by atoms with Crippen LogP contribution in [0.5, 0.6) is 5.75 Å². The summed E-state index contributed by atoms with van der Waals surface area (Å²) in [5, 5.41) is 1.97. The Labute approximate surface area is 180 Å². The number of nitrogens with zero attached hydrogens (tertiary/aromatic N) is 1. The highest BCUT2D eigenvalue weighted by Crippen LogP contribution is 2.45. The van der Waals surface area contributed by atoms with Gasteiger partial charge in [0, 0.05) is 0 Å². The van der Waals surface area contributed by atoms with Crippen LogP contribution in [-0.4, -0.2) is 35.8 Å². The quantitative estimate of drug-likeness (QED) is 0.397. The molecule has 1 unspecified atom stereocenters. The number of hydrogen-bond donors (Lipinski definition) is 1. The monoisotopic (exact) mass is 460 g/mol. The van der Waals surface area contributed by atoms with Gasteiger partial charge >= 0.3 is 0 Å². The fourth-order valence-electron chi connectivity index (χ4n) is 2.82. The Morgan fingerprint density at radius 3 is 1.96 bits per heavy atom. The van der Waals surface area contributed by atoms with E-state index in [1.807, 2.05) is 0 Å². The van der Waals surface area contributed by atoms with Gasteiger partial charge < -0.3 is 10.1 Å². The Morgan fingerprint density at radius 2 is 1.46 bits per heavy atom. The van der Waals surface area contributed by atoms with E-state index < -0.39 is 23.8 Å². The number of para-hydroxylation sites is 2. The van der Waals surface area contributed by atoms with Gasteiger partial charge in [-0.1, -0.05) is 58.5 Å². The third kappa shape index (κ3) is 3.20. The second-order valence-corrected chi connectivity index (χ2v) is 7.36. The Bertz CT molecular complexity index is 978. The van der Waals surface area contributed by atoms with E-state index in [0.29, 0.717) is 11.4 Å². The van der Waals surface area contributed by atoms with Crippen LogP contribution in [-0.2, 0) is 4.79 Å². The number of hydrogen-bond acceptors (Lipinski definition) is 4. The van der Waals surface area contributed by atoms with Crippen molar-refractivity contribution < 1.29 is 19.1 Å². The van der Waals surface area contributed by atoms with E-state index >= 15 is 0 Å². The van der Waals surface area contributed by atoms with E-state index in [9.17, 15) is 14.4 Å². The number of benzene rings is 2. The maximum atomic E-state index is 12.8. The van der Waals surface area contributed by atoms with Gasteiger partial charge in [-0.15, -0.1) is 0 Å². The predicted octanol–water partition coefficient (Wildman–Crippen LogP) is 4.93. The van der Waals surface area contributed by atoms with E-state index in [1.54, 1.807) is 24.3 Å². The van der Waals surface area contributed by atoms with Crippen molar-refractivity contribution in [3.63, 3.8) is 0 Å². The lowest BCUT2D eigenvalue weighted by atomic mass is 10.1. The van der Waals surface area contributed by atoms with Crippen LogP contribution in [0.4, 0.5) is 5.69 Å². The van der Waals surface area contributed by atoms with Gasteiger partial charge in [-0.05, 0) is 19.1 Å². The third-order valence-electron chi connectivity index (χ3n) is 4.26. The zero-order chi connectivity index (χ0) is 20.7. The number of carbonyl (C=O) groups is 3. The number of ether oxygens (including phenoxy) is 1. The average molecular weight is 462 g/mol. The molecule has 0 spiro atoms. The van der Waals surface area contributed by atoms with E-state index in [-0.39, 0.29) is 31.2 Å². The number of nitrogens with one attached hydrogen (secondary N) is 1. The molecule has 10 heteroatoms. The third-order valence-corrected chi connectivity index (χ3v) is 6.07. The Hall–Kier alpha value is -1.99. The predicted molar refractivity (Wildman–Crippen MR) is 108 cm³/mol. The molecular formula is C18H12Cl4N2O4. The van der Waals surface area contributed by atoms with Crippen molar-refractivity contribution in [3.8, 4) is 5.75 Å². The number of amides is 3. The summed E-state index contributed by atoms with van der Waals surface area (Å²) in [5.41, 5.74) is 0.0339. The lowest BCUT2D eigenvalue weighted by molar-refractivity contribution is -0.119. The van der Waals surface area contributed by atoms with Crippen molar-refractivity contribution in [2.45, 2.75) is 13.0 Å². The summed E-state index contributed by atoms with van der Waals surface area (Å²) in [6.45, 7) is 1.40. The fourth-order valence-corrected chi connectivity index (χ4v) is 3.83. The Morgan fingerprint density at radius 1 is 0.964 bits per heavy atom. The summed E-state index contributed by atoms with van der Waals surface area (Å²) in [6.07, 6.45) is 0. The van der Waals surface area contributed by atoms with Crippen LogP contribution in [0.1, 0.15) is 27.6 Å². The van der Waals surface area contributed by atoms with Gasteiger partial charge in [0.15, 0.2) is 0 Å². The van der Waals surface area contributed by atoms with Gasteiger partial charge in [0.1, 0.15) is 11.8 Å². The molecule has 0 saturated carbocycles. The maximum Gasteiger partial charge on any atom is 0.263 e. The van der Waals surface area contributed by atoms with Gasteiger partial charge in [-0.2, -0.15) is 0 Å². The minimum atomic E-state index is -1.16. The van der Waals surface area contributed by atoms with Gasteiger partial charge in [0.2, 0.25) is 5.91 Å². The second kappa shape index (κ2) is 7.79. The first-order valence-corrected chi connectivity index (χ1v) is 9.39. The van der Waals surface area contributed by atoms with E-state index in [0.717, 1.165) is 4.90 Å². The summed E-state index contributed by atoms with van der Waals surface area (Å²) in [5.74, 6) is -1.75. The van der Waals surface area contributed by atoms with E-state index in [2.05, 4.69) is 5.32 Å². The van der Waals surface area contributed by atoms with Gasteiger partial charge in [0.05, 0.1) is 44.0 Å². The summed E-state index contributed by atoms with van der Waals surface area (Å²) in [4.78, 5) is 39.1. The van der Waals surface area contributed by atoms with Crippen LogP contribution >= 0.6 is 46.4 Å². The maximum absolute atomic E-state index is 12.8. The molecule has 1 aliphatic heterocycles. The van der Waals surface area contributed by atoms with Crippen molar-refractivity contribution in [1.29, 1.82) is 0 Å². The SMILES string of the molecule is COc1ccccc1NC(=O)C(C)N1C(=O)c2c(Cl)c(Cl)c(Cl)c(Cl)c2C1=O. The summed E-state index contributed by atoms with van der Waals surface area (Å²) in [6, 6.07) is 5.56. The molecule has 1 atom stereocenters. The first-order valence-electron chi connectivity index (χ1n) is 7.88. The molecule has 146 valence electrons. The van der Waals surface area contributed by atoms with Gasteiger partial charge in [0.25, 0.3) is 11.8 Å². The second-order valence-electron chi connectivity index (χ2n) is 5.85. The molecule has 0 fully saturated rings. The standard InChI is InChI=1S/C18H12Cl4N2O4/c1-7(16(25)23-8-5-3-4-6-9(8)28-2)24-17(26)10-11(18(24)27)13(20)15(22)14(21)12(10)19/h3-7H,1-2H3,(H,23,25). The van der Waals surface area contributed by atoms with Gasteiger partial charge in [-0.25, -0.2) is 0 Å². The summed E-state index contributed by atoms with van der Waals surface area (Å²) in [7, 11) is 1.45. The number of rotatable bonds is 4. The topological polar surface area (TPSA) is 75.7 Å². The Balaban J connectivity index is 1.95. The molecule has 2 aromatic carbocycles.